The number of hydrogen-bond donors (Lipinski definition) is 1. The lowest BCUT2D eigenvalue weighted by molar-refractivity contribution is -0.122. The fourth-order valence-corrected chi connectivity index (χ4v) is 4.03. The first-order chi connectivity index (χ1) is 12.7. The molecule has 26 heavy (non-hydrogen) atoms. The molecule has 140 valence electrons. The summed E-state index contributed by atoms with van der Waals surface area (Å²) in [5, 5.41) is 6.44. The van der Waals surface area contributed by atoms with Crippen LogP contribution in [0.2, 0.25) is 0 Å². The van der Waals surface area contributed by atoms with E-state index in [1.807, 2.05) is 30.3 Å². The molecule has 1 aliphatic rings. The Hall–Kier alpha value is -1.76. The predicted molar refractivity (Wildman–Crippen MR) is 106 cm³/mol. The van der Waals surface area contributed by atoms with Crippen molar-refractivity contribution in [2.45, 2.75) is 32.9 Å². The van der Waals surface area contributed by atoms with Gasteiger partial charge in [0, 0.05) is 44.6 Å². The SMILES string of the molecule is CCCc1nc(CN2CCN(CC(=O)NCc3ccccc3)CC2)cs1. The molecule has 0 aliphatic carbocycles. The van der Waals surface area contributed by atoms with Crippen LogP contribution in [-0.2, 0) is 24.3 Å². The zero-order chi connectivity index (χ0) is 18.2. The molecule has 3 rings (SSSR count). The van der Waals surface area contributed by atoms with Crippen molar-refractivity contribution >= 4 is 17.2 Å². The number of aromatic nitrogens is 1. The zero-order valence-corrected chi connectivity index (χ0v) is 16.3. The van der Waals surface area contributed by atoms with Crippen molar-refractivity contribution in [3.8, 4) is 0 Å². The van der Waals surface area contributed by atoms with Crippen LogP contribution < -0.4 is 5.32 Å². The van der Waals surface area contributed by atoms with Crippen molar-refractivity contribution in [2.24, 2.45) is 0 Å². The van der Waals surface area contributed by atoms with Crippen molar-refractivity contribution in [1.82, 2.24) is 20.1 Å². The molecule has 0 spiro atoms. The van der Waals surface area contributed by atoms with Crippen molar-refractivity contribution in [3.63, 3.8) is 0 Å². The molecule has 0 saturated carbocycles. The summed E-state index contributed by atoms with van der Waals surface area (Å²) in [5.41, 5.74) is 2.32. The maximum Gasteiger partial charge on any atom is 0.234 e. The lowest BCUT2D eigenvalue weighted by atomic mass is 10.2. The van der Waals surface area contributed by atoms with Gasteiger partial charge in [-0.05, 0) is 18.4 Å². The Morgan fingerprint density at radius 1 is 1.15 bits per heavy atom. The molecule has 1 amide bonds. The van der Waals surface area contributed by atoms with Gasteiger partial charge in [0.1, 0.15) is 0 Å². The van der Waals surface area contributed by atoms with Crippen LogP contribution >= 0.6 is 11.3 Å². The van der Waals surface area contributed by atoms with Crippen LogP contribution in [0, 0.1) is 0 Å². The topological polar surface area (TPSA) is 48.5 Å². The second-order valence-electron chi connectivity index (χ2n) is 6.80. The standard InChI is InChI=1S/C20H28N4OS/c1-2-6-20-22-18(16-26-20)14-23-9-11-24(12-10-23)15-19(25)21-13-17-7-4-3-5-8-17/h3-5,7-8,16H,2,6,9-15H2,1H3,(H,21,25). The second-order valence-corrected chi connectivity index (χ2v) is 7.74. The maximum absolute atomic E-state index is 12.1. The molecule has 6 heteroatoms. The average molecular weight is 373 g/mol. The number of hydrogen-bond acceptors (Lipinski definition) is 5. The average Bonchev–Trinajstić information content (AvgIpc) is 3.10. The number of aryl methyl sites for hydroxylation is 1. The van der Waals surface area contributed by atoms with Gasteiger partial charge < -0.3 is 5.32 Å². The number of piperazine rings is 1. The van der Waals surface area contributed by atoms with Crippen molar-refractivity contribution < 1.29 is 4.79 Å². The Balaban J connectivity index is 1.35. The van der Waals surface area contributed by atoms with Gasteiger partial charge in [0.2, 0.25) is 5.91 Å². The Morgan fingerprint density at radius 3 is 2.62 bits per heavy atom. The van der Waals surface area contributed by atoms with Crippen LogP contribution in [0.3, 0.4) is 0 Å². The number of amides is 1. The van der Waals surface area contributed by atoms with Gasteiger partial charge in [-0.15, -0.1) is 11.3 Å². The predicted octanol–water partition coefficient (Wildman–Crippen LogP) is 2.53. The highest BCUT2D eigenvalue weighted by Gasteiger charge is 2.19. The maximum atomic E-state index is 12.1. The summed E-state index contributed by atoms with van der Waals surface area (Å²) >= 11 is 1.77. The molecule has 1 fully saturated rings. The summed E-state index contributed by atoms with van der Waals surface area (Å²) in [6.45, 7) is 8.06. The van der Waals surface area contributed by atoms with E-state index in [0.717, 1.165) is 51.1 Å². The van der Waals surface area contributed by atoms with E-state index < -0.39 is 0 Å². The minimum absolute atomic E-state index is 0.103. The lowest BCUT2D eigenvalue weighted by Crippen LogP contribution is -2.49. The van der Waals surface area contributed by atoms with Gasteiger partial charge in [-0.1, -0.05) is 37.3 Å². The Labute approximate surface area is 160 Å². The zero-order valence-electron chi connectivity index (χ0n) is 15.5. The molecule has 5 nitrogen and oxygen atoms in total. The molecule has 1 aromatic heterocycles. The molecule has 0 radical (unpaired) electrons. The van der Waals surface area contributed by atoms with Crippen molar-refractivity contribution in [2.75, 3.05) is 32.7 Å². The molecular weight excluding hydrogens is 344 g/mol. The van der Waals surface area contributed by atoms with E-state index in [-0.39, 0.29) is 5.91 Å². The number of nitrogens with one attached hydrogen (secondary N) is 1. The second kappa shape index (κ2) is 9.80. The van der Waals surface area contributed by atoms with Gasteiger partial charge in [0.15, 0.2) is 0 Å². The number of benzene rings is 1. The number of nitrogens with zero attached hydrogens (tertiary/aromatic N) is 3. The summed E-state index contributed by atoms with van der Waals surface area (Å²) in [4.78, 5) is 21.5. The highest BCUT2D eigenvalue weighted by Crippen LogP contribution is 2.14. The van der Waals surface area contributed by atoms with E-state index in [0.29, 0.717) is 13.1 Å². The summed E-state index contributed by atoms with van der Waals surface area (Å²) in [6.07, 6.45) is 2.23. The molecule has 0 unspecified atom stereocenters. The van der Waals surface area contributed by atoms with Gasteiger partial charge in [-0.2, -0.15) is 0 Å². The molecule has 2 aromatic rings. The first kappa shape index (κ1) is 19.0. The van der Waals surface area contributed by atoms with Crippen LogP contribution in [0.5, 0.6) is 0 Å². The number of thiazole rings is 1. The third-order valence-electron chi connectivity index (χ3n) is 4.61. The van der Waals surface area contributed by atoms with Crippen molar-refractivity contribution in [1.29, 1.82) is 0 Å². The van der Waals surface area contributed by atoms with Crippen molar-refractivity contribution in [3.05, 3.63) is 52.0 Å². The molecule has 2 heterocycles. The molecule has 0 atom stereocenters. The fraction of sp³-hybridized carbons (Fsp3) is 0.500. The summed E-state index contributed by atoms with van der Waals surface area (Å²) in [6, 6.07) is 10.0. The van der Waals surface area contributed by atoms with Crippen LogP contribution in [0.4, 0.5) is 0 Å². The lowest BCUT2D eigenvalue weighted by Gasteiger charge is -2.33. The van der Waals surface area contributed by atoms with E-state index in [1.54, 1.807) is 11.3 Å². The largest absolute Gasteiger partial charge is 0.351 e. The van der Waals surface area contributed by atoms with Gasteiger partial charge in [-0.25, -0.2) is 4.98 Å². The molecule has 1 N–H and O–H groups in total. The highest BCUT2D eigenvalue weighted by atomic mass is 32.1. The van der Waals surface area contributed by atoms with E-state index in [2.05, 4.69) is 27.4 Å². The number of rotatable bonds is 8. The Bertz CT molecular complexity index is 680. The Morgan fingerprint density at radius 2 is 1.88 bits per heavy atom. The monoisotopic (exact) mass is 372 g/mol. The van der Waals surface area contributed by atoms with E-state index in [1.165, 1.54) is 10.7 Å². The first-order valence-electron chi connectivity index (χ1n) is 9.41. The molecule has 1 aromatic carbocycles. The molecule has 1 aliphatic heterocycles. The smallest absolute Gasteiger partial charge is 0.234 e. The summed E-state index contributed by atoms with van der Waals surface area (Å²) in [7, 11) is 0. The first-order valence-corrected chi connectivity index (χ1v) is 10.3. The highest BCUT2D eigenvalue weighted by molar-refractivity contribution is 7.09. The van der Waals surface area contributed by atoms with E-state index >= 15 is 0 Å². The minimum Gasteiger partial charge on any atom is -0.351 e. The number of carbonyl (C=O) groups excluding carboxylic acids is 1. The normalized spacial score (nSPS) is 15.9. The van der Waals surface area contributed by atoms with Crippen LogP contribution in [0.15, 0.2) is 35.7 Å². The number of carbonyl (C=O) groups is 1. The third-order valence-corrected chi connectivity index (χ3v) is 5.57. The molecular formula is C20H28N4OS. The third kappa shape index (κ3) is 5.90. The van der Waals surface area contributed by atoms with Gasteiger partial charge >= 0.3 is 0 Å². The van der Waals surface area contributed by atoms with Gasteiger partial charge in [0.05, 0.1) is 17.2 Å². The van der Waals surface area contributed by atoms with Gasteiger partial charge in [0.25, 0.3) is 0 Å². The van der Waals surface area contributed by atoms with E-state index in [4.69, 9.17) is 4.98 Å². The summed E-state index contributed by atoms with van der Waals surface area (Å²) in [5.74, 6) is 0.103. The van der Waals surface area contributed by atoms with Gasteiger partial charge in [-0.3, -0.25) is 14.6 Å². The minimum atomic E-state index is 0.103. The molecule has 1 saturated heterocycles. The van der Waals surface area contributed by atoms with Crippen LogP contribution in [0.1, 0.15) is 29.6 Å². The van der Waals surface area contributed by atoms with Crippen LogP contribution in [0.25, 0.3) is 0 Å². The summed E-state index contributed by atoms with van der Waals surface area (Å²) < 4.78 is 0. The van der Waals surface area contributed by atoms with E-state index in [9.17, 15) is 4.79 Å². The van der Waals surface area contributed by atoms with Crippen LogP contribution in [-0.4, -0.2) is 53.4 Å². The Kier molecular flexibility index (Phi) is 7.17. The quantitative estimate of drug-likeness (QED) is 0.774. The fourth-order valence-electron chi connectivity index (χ4n) is 3.14. The molecule has 0 bridgehead atoms.